The summed E-state index contributed by atoms with van der Waals surface area (Å²) in [6.07, 6.45) is -0.608. The van der Waals surface area contributed by atoms with E-state index in [1.54, 1.807) is 20.8 Å². The SMILES string of the molecule is CC(C)(C)OC(=O)Nc1nnnn1-c1cccc(Br)c1. The zero-order valence-corrected chi connectivity index (χ0v) is 12.9. The molecule has 1 aromatic heterocycles. The molecule has 1 aromatic carbocycles. The second-order valence-electron chi connectivity index (χ2n) is 5.02. The van der Waals surface area contributed by atoms with Crippen LogP contribution in [0.3, 0.4) is 0 Å². The number of anilines is 1. The summed E-state index contributed by atoms with van der Waals surface area (Å²) in [4.78, 5) is 11.7. The van der Waals surface area contributed by atoms with E-state index in [0.29, 0.717) is 0 Å². The van der Waals surface area contributed by atoms with Crippen LogP contribution in [0.4, 0.5) is 10.7 Å². The van der Waals surface area contributed by atoms with Crippen LogP contribution in [0.1, 0.15) is 20.8 Å². The van der Waals surface area contributed by atoms with Gasteiger partial charge in [0.2, 0.25) is 0 Å². The van der Waals surface area contributed by atoms with Crippen molar-refractivity contribution < 1.29 is 9.53 Å². The third-order valence-corrected chi connectivity index (χ3v) is 2.63. The van der Waals surface area contributed by atoms with Gasteiger partial charge in [0.15, 0.2) is 0 Å². The summed E-state index contributed by atoms with van der Waals surface area (Å²) in [7, 11) is 0. The van der Waals surface area contributed by atoms with Crippen LogP contribution in [0.2, 0.25) is 0 Å². The van der Waals surface area contributed by atoms with E-state index < -0.39 is 11.7 Å². The molecule has 2 rings (SSSR count). The zero-order valence-electron chi connectivity index (χ0n) is 11.3. The van der Waals surface area contributed by atoms with Crippen molar-refractivity contribution in [3.05, 3.63) is 28.7 Å². The maximum absolute atomic E-state index is 11.7. The van der Waals surface area contributed by atoms with Gasteiger partial charge in [-0.05, 0) is 49.4 Å². The molecule has 0 saturated heterocycles. The number of aromatic nitrogens is 4. The molecule has 0 spiro atoms. The van der Waals surface area contributed by atoms with E-state index in [2.05, 4.69) is 36.8 Å². The van der Waals surface area contributed by atoms with Gasteiger partial charge < -0.3 is 4.74 Å². The van der Waals surface area contributed by atoms with Gasteiger partial charge in [-0.15, -0.1) is 0 Å². The number of ether oxygens (including phenoxy) is 1. The minimum atomic E-state index is -0.608. The molecule has 0 aliphatic heterocycles. The molecule has 7 nitrogen and oxygen atoms in total. The summed E-state index contributed by atoms with van der Waals surface area (Å²) in [6, 6.07) is 7.38. The van der Waals surface area contributed by atoms with Gasteiger partial charge in [-0.1, -0.05) is 27.1 Å². The summed E-state index contributed by atoms with van der Waals surface area (Å²) in [5.74, 6) is 0.192. The normalized spacial score (nSPS) is 11.2. The lowest BCUT2D eigenvalue weighted by Crippen LogP contribution is -2.28. The fourth-order valence-electron chi connectivity index (χ4n) is 1.44. The van der Waals surface area contributed by atoms with E-state index >= 15 is 0 Å². The van der Waals surface area contributed by atoms with E-state index in [4.69, 9.17) is 4.74 Å². The predicted octanol–water partition coefficient (Wildman–Crippen LogP) is 2.77. The molecule has 8 heteroatoms. The Morgan fingerprint density at radius 1 is 1.40 bits per heavy atom. The summed E-state index contributed by atoms with van der Waals surface area (Å²) >= 11 is 3.37. The molecule has 0 fully saturated rings. The highest BCUT2D eigenvalue weighted by Crippen LogP contribution is 2.17. The standard InChI is InChI=1S/C12H14BrN5O2/c1-12(2,3)20-11(19)14-10-15-16-17-18(10)9-6-4-5-8(13)7-9/h4-7H,1-3H3,(H,14,15,17,19). The van der Waals surface area contributed by atoms with Crippen LogP contribution in [-0.2, 0) is 4.74 Å². The predicted molar refractivity (Wildman–Crippen MR) is 76.7 cm³/mol. The van der Waals surface area contributed by atoms with E-state index in [1.807, 2.05) is 24.3 Å². The summed E-state index contributed by atoms with van der Waals surface area (Å²) in [5.41, 5.74) is 0.133. The molecule has 0 atom stereocenters. The Kier molecular flexibility index (Phi) is 4.03. The van der Waals surface area contributed by atoms with Gasteiger partial charge in [-0.2, -0.15) is 4.68 Å². The number of rotatable bonds is 2. The Morgan fingerprint density at radius 2 is 2.15 bits per heavy atom. The van der Waals surface area contributed by atoms with Crippen LogP contribution < -0.4 is 5.32 Å². The average molecular weight is 340 g/mol. The lowest BCUT2D eigenvalue weighted by atomic mass is 10.2. The highest BCUT2D eigenvalue weighted by Gasteiger charge is 2.19. The fourth-order valence-corrected chi connectivity index (χ4v) is 1.83. The van der Waals surface area contributed by atoms with Crippen molar-refractivity contribution in [3.63, 3.8) is 0 Å². The van der Waals surface area contributed by atoms with Crippen LogP contribution in [0.25, 0.3) is 5.69 Å². The van der Waals surface area contributed by atoms with Crippen molar-refractivity contribution in [2.75, 3.05) is 5.32 Å². The van der Waals surface area contributed by atoms with Gasteiger partial charge >= 0.3 is 6.09 Å². The Bertz CT molecular complexity index is 620. The number of hydrogen-bond donors (Lipinski definition) is 1. The molecule has 1 amide bonds. The fraction of sp³-hybridized carbons (Fsp3) is 0.333. The summed E-state index contributed by atoms with van der Waals surface area (Å²) in [5, 5.41) is 13.7. The first-order valence-electron chi connectivity index (χ1n) is 5.89. The number of carbonyl (C=O) groups excluding carboxylic acids is 1. The minimum absolute atomic E-state index is 0.192. The maximum Gasteiger partial charge on any atom is 0.414 e. The van der Waals surface area contributed by atoms with Crippen molar-refractivity contribution in [1.29, 1.82) is 0 Å². The monoisotopic (exact) mass is 339 g/mol. The minimum Gasteiger partial charge on any atom is -0.444 e. The smallest absolute Gasteiger partial charge is 0.414 e. The quantitative estimate of drug-likeness (QED) is 0.909. The third kappa shape index (κ3) is 3.77. The van der Waals surface area contributed by atoms with Crippen LogP contribution in [-0.4, -0.2) is 31.9 Å². The topological polar surface area (TPSA) is 81.9 Å². The summed E-state index contributed by atoms with van der Waals surface area (Å²) in [6.45, 7) is 5.34. The van der Waals surface area contributed by atoms with Crippen molar-refractivity contribution in [2.24, 2.45) is 0 Å². The van der Waals surface area contributed by atoms with Crippen LogP contribution in [0.5, 0.6) is 0 Å². The average Bonchev–Trinajstić information content (AvgIpc) is 2.74. The molecule has 2 aromatic rings. The molecule has 0 radical (unpaired) electrons. The van der Waals surface area contributed by atoms with Crippen molar-refractivity contribution in [2.45, 2.75) is 26.4 Å². The van der Waals surface area contributed by atoms with Crippen LogP contribution in [0.15, 0.2) is 28.7 Å². The Balaban J connectivity index is 2.19. The number of nitrogens with zero attached hydrogens (tertiary/aromatic N) is 4. The maximum atomic E-state index is 11.7. The molecule has 0 bridgehead atoms. The second-order valence-corrected chi connectivity index (χ2v) is 5.94. The molecule has 0 aliphatic carbocycles. The first-order valence-corrected chi connectivity index (χ1v) is 6.69. The molecule has 1 heterocycles. The van der Waals surface area contributed by atoms with Crippen LogP contribution >= 0.6 is 15.9 Å². The van der Waals surface area contributed by atoms with E-state index in [9.17, 15) is 4.79 Å². The number of halogens is 1. The van der Waals surface area contributed by atoms with Gasteiger partial charge in [0.05, 0.1) is 5.69 Å². The van der Waals surface area contributed by atoms with E-state index in [1.165, 1.54) is 4.68 Å². The number of amides is 1. The lowest BCUT2D eigenvalue weighted by molar-refractivity contribution is 0.0634. The highest BCUT2D eigenvalue weighted by molar-refractivity contribution is 9.10. The molecule has 20 heavy (non-hydrogen) atoms. The molecule has 0 aliphatic rings. The van der Waals surface area contributed by atoms with Crippen molar-refractivity contribution in [1.82, 2.24) is 20.2 Å². The van der Waals surface area contributed by atoms with Crippen molar-refractivity contribution >= 4 is 28.0 Å². The number of benzene rings is 1. The number of nitrogens with one attached hydrogen (secondary N) is 1. The summed E-state index contributed by atoms with van der Waals surface area (Å²) < 4.78 is 7.45. The number of tetrazole rings is 1. The Hall–Kier alpha value is -1.96. The first-order chi connectivity index (χ1) is 9.35. The number of hydrogen-bond acceptors (Lipinski definition) is 5. The van der Waals surface area contributed by atoms with Crippen LogP contribution in [0, 0.1) is 0 Å². The molecule has 0 unspecified atom stereocenters. The largest absolute Gasteiger partial charge is 0.444 e. The van der Waals surface area contributed by atoms with Gasteiger partial charge in [0.1, 0.15) is 5.60 Å². The molecule has 0 saturated carbocycles. The highest BCUT2D eigenvalue weighted by atomic mass is 79.9. The first kappa shape index (κ1) is 14.4. The van der Waals surface area contributed by atoms with E-state index in [-0.39, 0.29) is 5.95 Å². The zero-order chi connectivity index (χ0) is 14.8. The van der Waals surface area contributed by atoms with Gasteiger partial charge in [-0.25, -0.2) is 4.79 Å². The Morgan fingerprint density at radius 3 is 2.80 bits per heavy atom. The molecular formula is C12H14BrN5O2. The molecular weight excluding hydrogens is 326 g/mol. The second kappa shape index (κ2) is 5.58. The van der Waals surface area contributed by atoms with Gasteiger partial charge in [-0.3, -0.25) is 5.32 Å². The van der Waals surface area contributed by atoms with Gasteiger partial charge in [0.25, 0.3) is 5.95 Å². The third-order valence-electron chi connectivity index (χ3n) is 2.14. The lowest BCUT2D eigenvalue weighted by Gasteiger charge is -2.19. The Labute approximate surface area is 124 Å². The number of carbonyl (C=O) groups is 1. The van der Waals surface area contributed by atoms with Gasteiger partial charge in [0, 0.05) is 4.47 Å². The van der Waals surface area contributed by atoms with Crippen molar-refractivity contribution in [3.8, 4) is 5.69 Å². The molecule has 1 N–H and O–H groups in total. The van der Waals surface area contributed by atoms with E-state index in [0.717, 1.165) is 10.2 Å². The molecule has 106 valence electrons.